The van der Waals surface area contributed by atoms with Crippen LogP contribution < -0.4 is 4.90 Å². The van der Waals surface area contributed by atoms with Crippen molar-refractivity contribution in [2.75, 3.05) is 18.5 Å². The van der Waals surface area contributed by atoms with E-state index in [0.29, 0.717) is 0 Å². The van der Waals surface area contributed by atoms with Gasteiger partial charge in [-0.2, -0.15) is 0 Å². The van der Waals surface area contributed by atoms with Gasteiger partial charge in [0.2, 0.25) is 0 Å². The lowest BCUT2D eigenvalue weighted by Gasteiger charge is -2.27. The second kappa shape index (κ2) is 5.60. The summed E-state index contributed by atoms with van der Waals surface area (Å²) in [7, 11) is 2.12. The summed E-state index contributed by atoms with van der Waals surface area (Å²) >= 11 is 0. The Hall–Kier alpha value is -2.29. The monoisotopic (exact) mass is 283 g/mol. The first-order valence-corrected chi connectivity index (χ1v) is 7.14. The number of phenolic OH excluding ortho intramolecular Hbond substituents is 1. The van der Waals surface area contributed by atoms with Crippen LogP contribution in [0.3, 0.4) is 0 Å². The van der Waals surface area contributed by atoms with E-state index in [1.54, 1.807) is 6.07 Å². The summed E-state index contributed by atoms with van der Waals surface area (Å²) in [5.41, 5.74) is 4.51. The largest absolute Gasteiger partial charge is 0.505 e. The van der Waals surface area contributed by atoms with Gasteiger partial charge in [-0.05, 0) is 53.8 Å². The van der Waals surface area contributed by atoms with Crippen LogP contribution >= 0.6 is 0 Å². The summed E-state index contributed by atoms with van der Waals surface area (Å²) in [5.74, 6) is -0.909. The average Bonchev–Trinajstić information content (AvgIpc) is 2.49. The highest BCUT2D eigenvalue weighted by atomic mass is 19.1. The van der Waals surface area contributed by atoms with Crippen molar-refractivity contribution in [1.29, 1.82) is 0 Å². The molecule has 1 aliphatic heterocycles. The summed E-state index contributed by atoms with van der Waals surface area (Å²) in [5, 5.41) is 9.18. The van der Waals surface area contributed by atoms with Gasteiger partial charge in [-0.25, -0.2) is 4.39 Å². The van der Waals surface area contributed by atoms with E-state index >= 15 is 0 Å². The molecule has 3 heteroatoms. The maximum atomic E-state index is 13.3. The van der Waals surface area contributed by atoms with Crippen molar-refractivity contribution in [1.82, 2.24) is 0 Å². The molecule has 2 aromatic rings. The molecule has 0 fully saturated rings. The number of phenols is 1. The quantitative estimate of drug-likeness (QED) is 0.839. The van der Waals surface area contributed by atoms with E-state index < -0.39 is 5.82 Å². The number of benzene rings is 2. The van der Waals surface area contributed by atoms with E-state index in [9.17, 15) is 9.50 Å². The molecule has 0 spiro atoms. The third kappa shape index (κ3) is 2.92. The molecular formula is C18H18FNO. The average molecular weight is 283 g/mol. The lowest BCUT2D eigenvalue weighted by molar-refractivity contribution is 0.432. The number of hydrogen-bond acceptors (Lipinski definition) is 2. The van der Waals surface area contributed by atoms with Crippen molar-refractivity contribution in [3.8, 4) is 5.75 Å². The molecule has 1 N–H and O–H groups in total. The Balaban J connectivity index is 1.84. The molecule has 3 rings (SSSR count). The molecule has 0 aliphatic carbocycles. The van der Waals surface area contributed by atoms with Crippen LogP contribution in [0.5, 0.6) is 5.75 Å². The fourth-order valence-electron chi connectivity index (χ4n) is 2.73. The van der Waals surface area contributed by atoms with Crippen LogP contribution in [-0.2, 0) is 6.42 Å². The lowest BCUT2D eigenvalue weighted by Crippen LogP contribution is -2.24. The Morgan fingerprint density at radius 3 is 2.57 bits per heavy atom. The SMILES string of the molecule is CN1CCCc2cc(C=Cc3ccc(O)c(F)c3)ccc21. The number of rotatable bonds is 2. The van der Waals surface area contributed by atoms with E-state index in [0.717, 1.165) is 24.1 Å². The zero-order valence-electron chi connectivity index (χ0n) is 12.0. The Kier molecular flexibility index (Phi) is 3.65. The maximum absolute atomic E-state index is 13.3. The van der Waals surface area contributed by atoms with Gasteiger partial charge in [0.15, 0.2) is 11.6 Å². The highest BCUT2D eigenvalue weighted by molar-refractivity contribution is 5.72. The standard InChI is InChI=1S/C18H18FNO/c1-20-10-2-3-15-11-13(6-8-17(15)20)4-5-14-7-9-18(21)16(19)12-14/h4-9,11-12,21H,2-3,10H2,1H3. The Morgan fingerprint density at radius 1 is 1.10 bits per heavy atom. The molecule has 21 heavy (non-hydrogen) atoms. The first-order chi connectivity index (χ1) is 10.1. The van der Waals surface area contributed by atoms with Gasteiger partial charge in [-0.15, -0.1) is 0 Å². The third-order valence-electron chi connectivity index (χ3n) is 3.89. The molecule has 2 nitrogen and oxygen atoms in total. The Morgan fingerprint density at radius 2 is 1.81 bits per heavy atom. The molecule has 0 atom stereocenters. The molecule has 0 saturated heterocycles. The maximum Gasteiger partial charge on any atom is 0.165 e. The number of halogens is 1. The summed E-state index contributed by atoms with van der Waals surface area (Å²) in [4.78, 5) is 2.28. The molecule has 0 unspecified atom stereocenters. The molecule has 0 bridgehead atoms. The number of nitrogens with zero attached hydrogens (tertiary/aromatic N) is 1. The van der Waals surface area contributed by atoms with Crippen molar-refractivity contribution in [2.24, 2.45) is 0 Å². The first kappa shape index (κ1) is 13.7. The van der Waals surface area contributed by atoms with E-state index in [-0.39, 0.29) is 5.75 Å². The number of hydrogen-bond donors (Lipinski definition) is 1. The molecule has 0 saturated carbocycles. The second-order valence-electron chi connectivity index (χ2n) is 5.46. The molecule has 0 aromatic heterocycles. The van der Waals surface area contributed by atoms with E-state index in [1.807, 2.05) is 12.2 Å². The van der Waals surface area contributed by atoms with E-state index in [1.165, 1.54) is 29.8 Å². The van der Waals surface area contributed by atoms with Gasteiger partial charge in [0.25, 0.3) is 0 Å². The molecule has 0 radical (unpaired) electrons. The molecular weight excluding hydrogens is 265 g/mol. The number of anilines is 1. The van der Waals surface area contributed by atoms with Crippen molar-refractivity contribution >= 4 is 17.8 Å². The Bertz CT molecular complexity index is 694. The fraction of sp³-hybridized carbons (Fsp3) is 0.222. The van der Waals surface area contributed by atoms with Crippen LogP contribution in [-0.4, -0.2) is 18.7 Å². The summed E-state index contributed by atoms with van der Waals surface area (Å²) in [6.07, 6.45) is 6.12. The van der Waals surface area contributed by atoms with Crippen molar-refractivity contribution in [3.05, 3.63) is 58.9 Å². The lowest BCUT2D eigenvalue weighted by atomic mass is 9.99. The van der Waals surface area contributed by atoms with Gasteiger partial charge in [-0.3, -0.25) is 0 Å². The predicted octanol–water partition coefficient (Wildman–Crippen LogP) is 4.08. The highest BCUT2D eigenvalue weighted by Gasteiger charge is 2.12. The molecule has 1 aliphatic rings. The zero-order chi connectivity index (χ0) is 14.8. The first-order valence-electron chi connectivity index (χ1n) is 7.14. The van der Waals surface area contributed by atoms with Gasteiger partial charge in [0.1, 0.15) is 0 Å². The number of aromatic hydroxyl groups is 1. The van der Waals surface area contributed by atoms with Gasteiger partial charge in [0, 0.05) is 19.3 Å². The number of fused-ring (bicyclic) bond motifs is 1. The molecule has 2 aromatic carbocycles. The summed E-state index contributed by atoms with van der Waals surface area (Å²) in [6, 6.07) is 10.8. The van der Waals surface area contributed by atoms with Crippen LogP contribution in [0.2, 0.25) is 0 Å². The minimum Gasteiger partial charge on any atom is -0.505 e. The topological polar surface area (TPSA) is 23.5 Å². The third-order valence-corrected chi connectivity index (χ3v) is 3.89. The summed E-state index contributed by atoms with van der Waals surface area (Å²) in [6.45, 7) is 1.11. The van der Waals surface area contributed by atoms with Crippen LogP contribution in [0.1, 0.15) is 23.1 Å². The Labute approximate surface area is 124 Å². The smallest absolute Gasteiger partial charge is 0.165 e. The van der Waals surface area contributed by atoms with Crippen LogP contribution in [0.15, 0.2) is 36.4 Å². The van der Waals surface area contributed by atoms with E-state index in [4.69, 9.17) is 0 Å². The van der Waals surface area contributed by atoms with Gasteiger partial charge in [-0.1, -0.05) is 24.3 Å². The molecule has 1 heterocycles. The predicted molar refractivity (Wildman–Crippen MR) is 85.0 cm³/mol. The van der Waals surface area contributed by atoms with Crippen LogP contribution in [0.25, 0.3) is 12.2 Å². The number of aryl methyl sites for hydroxylation is 1. The minimum atomic E-state index is -0.593. The fourth-order valence-corrected chi connectivity index (χ4v) is 2.73. The van der Waals surface area contributed by atoms with Crippen molar-refractivity contribution in [2.45, 2.75) is 12.8 Å². The normalized spacial score (nSPS) is 14.5. The van der Waals surface area contributed by atoms with Crippen LogP contribution in [0, 0.1) is 5.82 Å². The minimum absolute atomic E-state index is 0.316. The molecule has 108 valence electrons. The van der Waals surface area contributed by atoms with Crippen molar-refractivity contribution in [3.63, 3.8) is 0 Å². The van der Waals surface area contributed by atoms with Gasteiger partial charge >= 0.3 is 0 Å². The highest BCUT2D eigenvalue weighted by Crippen LogP contribution is 2.27. The van der Waals surface area contributed by atoms with Crippen molar-refractivity contribution < 1.29 is 9.50 Å². The molecule has 0 amide bonds. The van der Waals surface area contributed by atoms with Crippen LogP contribution in [0.4, 0.5) is 10.1 Å². The summed E-state index contributed by atoms with van der Waals surface area (Å²) < 4.78 is 13.3. The second-order valence-corrected chi connectivity index (χ2v) is 5.46. The van der Waals surface area contributed by atoms with Gasteiger partial charge in [0.05, 0.1) is 0 Å². The zero-order valence-corrected chi connectivity index (χ0v) is 12.0. The van der Waals surface area contributed by atoms with E-state index in [2.05, 4.69) is 30.1 Å². The van der Waals surface area contributed by atoms with Gasteiger partial charge < -0.3 is 10.0 Å².